The van der Waals surface area contributed by atoms with Gasteiger partial charge >= 0.3 is 0 Å². The van der Waals surface area contributed by atoms with E-state index in [-0.39, 0.29) is 24.7 Å². The fourth-order valence-electron chi connectivity index (χ4n) is 3.60. The molecule has 0 radical (unpaired) electrons. The lowest BCUT2D eigenvalue weighted by molar-refractivity contribution is 0.0284. The molecule has 1 fully saturated rings. The van der Waals surface area contributed by atoms with Crippen molar-refractivity contribution in [2.45, 2.75) is 24.7 Å². The third-order valence-corrected chi connectivity index (χ3v) is 6.08. The van der Waals surface area contributed by atoms with E-state index in [2.05, 4.69) is 15.3 Å². The van der Waals surface area contributed by atoms with Crippen molar-refractivity contribution in [2.24, 2.45) is 0 Å². The van der Waals surface area contributed by atoms with Crippen LogP contribution >= 0.6 is 23.2 Å². The first-order chi connectivity index (χ1) is 15.5. The largest absolute Gasteiger partial charge is 0.394 e. The van der Waals surface area contributed by atoms with Crippen LogP contribution in [-0.2, 0) is 4.74 Å². The van der Waals surface area contributed by atoms with Crippen LogP contribution in [-0.4, -0.2) is 51.7 Å². The minimum atomic E-state index is -1.14. The molecule has 4 rings (SSSR count). The van der Waals surface area contributed by atoms with Crippen LogP contribution in [0.25, 0.3) is 11.3 Å². The van der Waals surface area contributed by atoms with E-state index >= 15 is 0 Å². The van der Waals surface area contributed by atoms with Gasteiger partial charge in [-0.05, 0) is 36.2 Å². The maximum absolute atomic E-state index is 14.0. The van der Waals surface area contributed by atoms with Gasteiger partial charge in [-0.15, -0.1) is 0 Å². The number of rotatable bonds is 6. The van der Waals surface area contributed by atoms with Crippen molar-refractivity contribution in [3.05, 3.63) is 74.8 Å². The molecule has 32 heavy (non-hydrogen) atoms. The number of anilines is 1. The number of alkyl halides is 1. The number of pyridine rings is 1. The molecular formula is C22H21Cl2FN4O3. The summed E-state index contributed by atoms with van der Waals surface area (Å²) in [5.74, 6) is 0.283. The highest BCUT2D eigenvalue weighted by molar-refractivity contribution is 6.42. The molecule has 10 heteroatoms. The van der Waals surface area contributed by atoms with E-state index in [0.29, 0.717) is 39.9 Å². The van der Waals surface area contributed by atoms with Gasteiger partial charge in [0.1, 0.15) is 6.17 Å². The first kappa shape index (κ1) is 22.7. The number of hydrogen-bond acceptors (Lipinski definition) is 6. The molecule has 3 atom stereocenters. The highest BCUT2D eigenvalue weighted by atomic mass is 35.5. The molecule has 0 unspecified atom stereocenters. The molecule has 1 aromatic carbocycles. The summed E-state index contributed by atoms with van der Waals surface area (Å²) in [6, 6.07) is 8.74. The smallest absolute Gasteiger partial charge is 0.251 e. The molecule has 7 nitrogen and oxygen atoms in total. The highest BCUT2D eigenvalue weighted by Gasteiger charge is 2.26. The zero-order chi connectivity index (χ0) is 22.7. The third-order valence-electron chi connectivity index (χ3n) is 5.34. The Morgan fingerprint density at radius 1 is 1.25 bits per heavy atom. The van der Waals surface area contributed by atoms with Crippen molar-refractivity contribution in [3.63, 3.8) is 0 Å². The summed E-state index contributed by atoms with van der Waals surface area (Å²) in [5.41, 5.74) is 1.42. The van der Waals surface area contributed by atoms with Crippen LogP contribution in [0.1, 0.15) is 18.0 Å². The van der Waals surface area contributed by atoms with Crippen LogP contribution in [0.2, 0.25) is 10.0 Å². The maximum atomic E-state index is 14.0. The number of aliphatic hydroxyl groups excluding tert-OH is 1. The van der Waals surface area contributed by atoms with Crippen LogP contribution in [0.3, 0.4) is 0 Å². The van der Waals surface area contributed by atoms with Crippen molar-refractivity contribution in [1.29, 1.82) is 0 Å². The van der Waals surface area contributed by atoms with Crippen molar-refractivity contribution in [1.82, 2.24) is 14.5 Å². The van der Waals surface area contributed by atoms with E-state index in [9.17, 15) is 14.3 Å². The Balaban J connectivity index is 1.59. The molecule has 1 aliphatic rings. The van der Waals surface area contributed by atoms with E-state index in [0.717, 1.165) is 0 Å². The van der Waals surface area contributed by atoms with Gasteiger partial charge in [0.15, 0.2) is 0 Å². The molecule has 2 N–H and O–H groups in total. The second-order valence-corrected chi connectivity index (χ2v) is 8.24. The third kappa shape index (κ3) is 4.94. The summed E-state index contributed by atoms with van der Waals surface area (Å²) in [4.78, 5) is 21.4. The first-order valence-corrected chi connectivity index (χ1v) is 10.8. The van der Waals surface area contributed by atoms with Gasteiger partial charge in [-0.3, -0.25) is 4.79 Å². The molecule has 0 spiro atoms. The van der Waals surface area contributed by atoms with Gasteiger partial charge < -0.3 is 19.7 Å². The fourth-order valence-corrected chi connectivity index (χ4v) is 3.91. The number of hydrogen-bond donors (Lipinski definition) is 2. The number of aliphatic hydroxyl groups is 1. The predicted octanol–water partition coefficient (Wildman–Crippen LogP) is 3.73. The Hall–Kier alpha value is -2.52. The minimum absolute atomic E-state index is 0.0421. The second-order valence-electron chi connectivity index (χ2n) is 7.43. The van der Waals surface area contributed by atoms with Crippen molar-refractivity contribution < 1.29 is 14.2 Å². The Labute approximate surface area is 193 Å². The average molecular weight is 479 g/mol. The number of aromatic nitrogens is 3. The molecule has 1 saturated heterocycles. The van der Waals surface area contributed by atoms with Gasteiger partial charge in [0.2, 0.25) is 5.95 Å². The summed E-state index contributed by atoms with van der Waals surface area (Å²) < 4.78 is 20.6. The zero-order valence-corrected chi connectivity index (χ0v) is 18.4. The van der Waals surface area contributed by atoms with E-state index in [1.165, 1.54) is 10.6 Å². The summed E-state index contributed by atoms with van der Waals surface area (Å²) in [7, 11) is 0. The Morgan fingerprint density at radius 3 is 2.81 bits per heavy atom. The standard InChI is InChI=1S/C22H21Cl2FN4O3/c23-15-2-1-14(9-16(15)24)20(11-30)29-7-4-13(10-21(29)31)18-3-6-26-22(27-18)28-19-5-8-32-12-17(19)25/h1-4,6-7,9-10,17,19-20,30H,5,8,11-12H2,(H,26,27,28)/t17-,19+,20-/m1/s1. The number of ether oxygens (including phenoxy) is 1. The van der Waals surface area contributed by atoms with Crippen molar-refractivity contribution in [3.8, 4) is 11.3 Å². The van der Waals surface area contributed by atoms with Crippen molar-refractivity contribution >= 4 is 29.2 Å². The lowest BCUT2D eigenvalue weighted by Gasteiger charge is -2.26. The van der Waals surface area contributed by atoms with Gasteiger partial charge in [0, 0.05) is 30.6 Å². The molecule has 3 heterocycles. The van der Waals surface area contributed by atoms with Crippen LogP contribution < -0.4 is 10.9 Å². The molecule has 0 bridgehead atoms. The fraction of sp³-hybridized carbons (Fsp3) is 0.318. The Kier molecular flexibility index (Phi) is 7.05. The lowest BCUT2D eigenvalue weighted by Crippen LogP contribution is -2.39. The van der Waals surface area contributed by atoms with E-state index in [1.807, 2.05) is 0 Å². The molecule has 168 valence electrons. The van der Waals surface area contributed by atoms with Gasteiger partial charge in [-0.2, -0.15) is 0 Å². The van der Waals surface area contributed by atoms with Crippen LogP contribution in [0, 0.1) is 0 Å². The van der Waals surface area contributed by atoms with Crippen LogP contribution in [0.4, 0.5) is 10.3 Å². The van der Waals surface area contributed by atoms with Gasteiger partial charge in [0.25, 0.3) is 5.56 Å². The molecule has 0 aliphatic carbocycles. The molecule has 2 aromatic heterocycles. The second kappa shape index (κ2) is 9.95. The SMILES string of the molecule is O=c1cc(-c2ccnc(N[C@H]3CCOC[C@H]3F)n2)ccn1[C@H](CO)c1ccc(Cl)c(Cl)c1. The molecular weight excluding hydrogens is 458 g/mol. The van der Waals surface area contributed by atoms with E-state index in [4.69, 9.17) is 27.9 Å². The average Bonchev–Trinajstić information content (AvgIpc) is 2.79. The van der Waals surface area contributed by atoms with Crippen LogP contribution in [0.15, 0.2) is 53.6 Å². The molecule has 3 aromatic rings. The van der Waals surface area contributed by atoms with Gasteiger partial charge in [0.05, 0.1) is 41.0 Å². The quantitative estimate of drug-likeness (QED) is 0.560. The summed E-state index contributed by atoms with van der Waals surface area (Å²) in [6.07, 6.45) is 2.51. The lowest BCUT2D eigenvalue weighted by atomic mass is 10.1. The van der Waals surface area contributed by atoms with Gasteiger partial charge in [-0.1, -0.05) is 29.3 Å². The number of benzene rings is 1. The van der Waals surface area contributed by atoms with E-state index < -0.39 is 18.3 Å². The van der Waals surface area contributed by atoms with Crippen molar-refractivity contribution in [2.75, 3.05) is 25.1 Å². The Morgan fingerprint density at radius 2 is 2.09 bits per heavy atom. The first-order valence-electron chi connectivity index (χ1n) is 10.1. The van der Waals surface area contributed by atoms with Gasteiger partial charge in [-0.25, -0.2) is 14.4 Å². The summed E-state index contributed by atoms with van der Waals surface area (Å²) in [5, 5.41) is 13.7. The summed E-state index contributed by atoms with van der Waals surface area (Å²) in [6.45, 7) is 0.218. The topological polar surface area (TPSA) is 89.3 Å². The normalized spacial score (nSPS) is 19.5. The van der Waals surface area contributed by atoms with Crippen LogP contribution in [0.5, 0.6) is 0 Å². The Bertz CT molecular complexity index is 1160. The number of nitrogens with zero attached hydrogens (tertiary/aromatic N) is 3. The minimum Gasteiger partial charge on any atom is -0.394 e. The summed E-state index contributed by atoms with van der Waals surface area (Å²) >= 11 is 12.1. The highest BCUT2D eigenvalue weighted by Crippen LogP contribution is 2.27. The molecule has 1 aliphatic heterocycles. The zero-order valence-electron chi connectivity index (χ0n) is 16.9. The molecule has 0 saturated carbocycles. The number of halogens is 3. The monoisotopic (exact) mass is 478 g/mol. The molecule has 0 amide bonds. The maximum Gasteiger partial charge on any atom is 0.251 e. The predicted molar refractivity (Wildman–Crippen MR) is 121 cm³/mol. The van der Waals surface area contributed by atoms with E-state index in [1.54, 1.807) is 42.7 Å². The number of nitrogens with one attached hydrogen (secondary N) is 1.